The van der Waals surface area contributed by atoms with Gasteiger partial charge in [0.05, 0.1) is 17.7 Å². The van der Waals surface area contributed by atoms with Crippen molar-refractivity contribution in [2.75, 3.05) is 13.2 Å². The molecule has 0 saturated heterocycles. The minimum atomic E-state index is -1.17. The number of benzene rings is 1. The van der Waals surface area contributed by atoms with Crippen LogP contribution in [-0.2, 0) is 14.3 Å². The molecular weight excluding hydrogens is 366 g/mol. The number of carboxylic acids is 1. The molecule has 2 atom stereocenters. The Kier molecular flexibility index (Phi) is 7.77. The number of rotatable bonds is 9. The highest BCUT2D eigenvalue weighted by atomic mass is 79.9. The lowest BCUT2D eigenvalue weighted by molar-refractivity contribution is -0.144. The Morgan fingerprint density at radius 3 is 2.74 bits per heavy atom. The average Bonchev–Trinajstić information content (AvgIpc) is 2.48. The van der Waals surface area contributed by atoms with Crippen LogP contribution in [0.1, 0.15) is 12.5 Å². The monoisotopic (exact) mass is 385 g/mol. The molecule has 0 heterocycles. The third-order valence-corrected chi connectivity index (χ3v) is 3.51. The van der Waals surface area contributed by atoms with Crippen molar-refractivity contribution in [1.82, 2.24) is 5.32 Å². The summed E-state index contributed by atoms with van der Waals surface area (Å²) >= 11 is 3.36. The summed E-state index contributed by atoms with van der Waals surface area (Å²) in [7, 11) is 0. The van der Waals surface area contributed by atoms with Crippen LogP contribution in [0.5, 0.6) is 5.75 Å². The van der Waals surface area contributed by atoms with Crippen LogP contribution in [0.15, 0.2) is 35.3 Å². The summed E-state index contributed by atoms with van der Waals surface area (Å²) in [6, 6.07) is 4.32. The molecule has 6 nitrogen and oxygen atoms in total. The van der Waals surface area contributed by atoms with Crippen molar-refractivity contribution in [2.45, 2.75) is 26.0 Å². The van der Waals surface area contributed by atoms with Crippen molar-refractivity contribution in [2.24, 2.45) is 0 Å². The summed E-state index contributed by atoms with van der Waals surface area (Å²) in [4.78, 5) is 23.2. The third-order valence-electron chi connectivity index (χ3n) is 2.90. The molecular formula is C16H20BrNO5. The van der Waals surface area contributed by atoms with Crippen molar-refractivity contribution in [3.63, 3.8) is 0 Å². The van der Waals surface area contributed by atoms with Gasteiger partial charge in [0.25, 0.3) is 5.91 Å². The van der Waals surface area contributed by atoms with Crippen LogP contribution in [0, 0.1) is 6.92 Å². The summed E-state index contributed by atoms with van der Waals surface area (Å²) in [6.45, 7) is 7.02. The van der Waals surface area contributed by atoms with Gasteiger partial charge in [0.15, 0.2) is 12.1 Å². The van der Waals surface area contributed by atoms with E-state index in [-0.39, 0.29) is 13.2 Å². The van der Waals surface area contributed by atoms with E-state index in [1.165, 1.54) is 6.08 Å². The number of ether oxygens (including phenoxy) is 2. The highest BCUT2D eigenvalue weighted by Crippen LogP contribution is 2.26. The van der Waals surface area contributed by atoms with Gasteiger partial charge in [0.2, 0.25) is 0 Å². The van der Waals surface area contributed by atoms with Crippen LogP contribution in [0.25, 0.3) is 0 Å². The van der Waals surface area contributed by atoms with Crippen molar-refractivity contribution in [3.05, 3.63) is 40.9 Å². The molecule has 0 spiro atoms. The maximum absolute atomic E-state index is 12.1. The van der Waals surface area contributed by atoms with E-state index in [4.69, 9.17) is 14.6 Å². The number of hydrogen-bond acceptors (Lipinski definition) is 4. The highest BCUT2D eigenvalue weighted by Gasteiger charge is 2.24. The SMILES string of the molecule is C=CCOCC(NC(=O)C(C)Oc1ccc(C)cc1Br)C(=O)O. The first kappa shape index (κ1) is 19.2. The van der Waals surface area contributed by atoms with Crippen LogP contribution in [0.2, 0.25) is 0 Å². The summed E-state index contributed by atoms with van der Waals surface area (Å²) < 4.78 is 11.4. The molecule has 0 aliphatic heterocycles. The standard InChI is InChI=1S/C16H20BrNO5/c1-4-7-22-9-13(16(20)21)18-15(19)11(3)23-14-6-5-10(2)8-12(14)17/h4-6,8,11,13H,1,7,9H2,2-3H3,(H,18,19)(H,20,21). The number of hydrogen-bond donors (Lipinski definition) is 2. The number of carbonyl (C=O) groups excluding carboxylic acids is 1. The van der Waals surface area contributed by atoms with Crippen molar-refractivity contribution < 1.29 is 24.2 Å². The highest BCUT2D eigenvalue weighted by molar-refractivity contribution is 9.10. The topological polar surface area (TPSA) is 84.9 Å². The van der Waals surface area contributed by atoms with Gasteiger partial charge in [-0.1, -0.05) is 12.1 Å². The first-order valence-electron chi connectivity index (χ1n) is 6.99. The van der Waals surface area contributed by atoms with Gasteiger partial charge in [-0.05, 0) is 47.5 Å². The Morgan fingerprint density at radius 1 is 1.48 bits per heavy atom. The van der Waals surface area contributed by atoms with Crippen LogP contribution < -0.4 is 10.1 Å². The Morgan fingerprint density at radius 2 is 2.17 bits per heavy atom. The number of amides is 1. The van der Waals surface area contributed by atoms with Gasteiger partial charge < -0.3 is 19.9 Å². The summed E-state index contributed by atoms with van der Waals surface area (Å²) in [6.07, 6.45) is 0.650. The molecule has 1 aromatic carbocycles. The third kappa shape index (κ3) is 6.42. The number of nitrogens with one attached hydrogen (secondary N) is 1. The summed E-state index contributed by atoms with van der Waals surface area (Å²) in [5, 5.41) is 11.5. The fourth-order valence-electron chi connectivity index (χ4n) is 1.68. The van der Waals surface area contributed by atoms with Crippen LogP contribution in [-0.4, -0.2) is 42.3 Å². The Bertz CT molecular complexity index is 576. The molecule has 7 heteroatoms. The second-order valence-electron chi connectivity index (χ2n) is 4.92. The van der Waals surface area contributed by atoms with E-state index in [9.17, 15) is 9.59 Å². The predicted octanol–water partition coefficient (Wildman–Crippen LogP) is 2.30. The molecule has 2 unspecified atom stereocenters. The van der Waals surface area contributed by atoms with E-state index in [1.807, 2.05) is 19.1 Å². The molecule has 1 amide bonds. The second kappa shape index (κ2) is 9.32. The maximum atomic E-state index is 12.1. The minimum Gasteiger partial charge on any atom is -0.480 e. The van der Waals surface area contributed by atoms with E-state index in [1.54, 1.807) is 13.0 Å². The molecule has 126 valence electrons. The molecule has 0 saturated carbocycles. The molecule has 0 fully saturated rings. The number of carboxylic acid groups (broad SMARTS) is 1. The van der Waals surface area contributed by atoms with Gasteiger partial charge in [-0.2, -0.15) is 0 Å². The Balaban J connectivity index is 2.63. The maximum Gasteiger partial charge on any atom is 0.328 e. The smallest absolute Gasteiger partial charge is 0.328 e. The van der Waals surface area contributed by atoms with Crippen molar-refractivity contribution in [1.29, 1.82) is 0 Å². The zero-order valence-corrected chi connectivity index (χ0v) is 14.6. The van der Waals surface area contributed by atoms with Gasteiger partial charge in [0, 0.05) is 0 Å². The number of aliphatic carboxylic acids is 1. The summed E-state index contributed by atoms with van der Waals surface area (Å²) in [5.41, 5.74) is 1.05. The lowest BCUT2D eigenvalue weighted by Gasteiger charge is -2.19. The lowest BCUT2D eigenvalue weighted by atomic mass is 10.2. The zero-order valence-electron chi connectivity index (χ0n) is 13.0. The van der Waals surface area contributed by atoms with Gasteiger partial charge in [-0.3, -0.25) is 4.79 Å². The van der Waals surface area contributed by atoms with E-state index in [0.29, 0.717) is 5.75 Å². The molecule has 0 aliphatic carbocycles. The van der Waals surface area contributed by atoms with E-state index in [2.05, 4.69) is 27.8 Å². The van der Waals surface area contributed by atoms with Gasteiger partial charge in [-0.25, -0.2) is 4.79 Å². The van der Waals surface area contributed by atoms with Gasteiger partial charge in [-0.15, -0.1) is 6.58 Å². The largest absolute Gasteiger partial charge is 0.480 e. The molecule has 0 bridgehead atoms. The quantitative estimate of drug-likeness (QED) is 0.503. The van der Waals surface area contributed by atoms with Crippen LogP contribution >= 0.6 is 15.9 Å². The number of carbonyl (C=O) groups is 2. The molecule has 0 radical (unpaired) electrons. The lowest BCUT2D eigenvalue weighted by Crippen LogP contribution is -2.48. The second-order valence-corrected chi connectivity index (χ2v) is 5.77. The predicted molar refractivity (Wildman–Crippen MR) is 89.6 cm³/mol. The summed E-state index contributed by atoms with van der Waals surface area (Å²) in [5.74, 6) is -1.20. The Hall–Kier alpha value is -1.86. The zero-order chi connectivity index (χ0) is 17.4. The van der Waals surface area contributed by atoms with Crippen molar-refractivity contribution in [3.8, 4) is 5.75 Å². The van der Waals surface area contributed by atoms with Crippen molar-refractivity contribution >= 4 is 27.8 Å². The Labute approximate surface area is 143 Å². The average molecular weight is 386 g/mol. The van der Waals surface area contributed by atoms with Gasteiger partial charge in [0.1, 0.15) is 5.75 Å². The first-order valence-corrected chi connectivity index (χ1v) is 7.79. The van der Waals surface area contributed by atoms with Gasteiger partial charge >= 0.3 is 5.97 Å². The molecule has 1 rings (SSSR count). The molecule has 0 aromatic heterocycles. The fourth-order valence-corrected chi connectivity index (χ4v) is 2.27. The van der Waals surface area contributed by atoms with Crippen LogP contribution in [0.4, 0.5) is 0 Å². The normalized spacial score (nSPS) is 13.0. The minimum absolute atomic E-state index is 0.145. The molecule has 0 aliphatic rings. The first-order chi connectivity index (χ1) is 10.8. The number of aryl methyl sites for hydroxylation is 1. The molecule has 2 N–H and O–H groups in total. The van der Waals surface area contributed by atoms with E-state index < -0.39 is 24.0 Å². The molecule has 1 aromatic rings. The molecule has 23 heavy (non-hydrogen) atoms. The van der Waals surface area contributed by atoms with E-state index >= 15 is 0 Å². The van der Waals surface area contributed by atoms with Crippen LogP contribution in [0.3, 0.4) is 0 Å². The fraction of sp³-hybridized carbons (Fsp3) is 0.375. The number of halogens is 1. The van der Waals surface area contributed by atoms with E-state index in [0.717, 1.165) is 10.0 Å².